The highest BCUT2D eigenvalue weighted by molar-refractivity contribution is 4.71. The summed E-state index contributed by atoms with van der Waals surface area (Å²) in [4.78, 5) is 2.73. The summed E-state index contributed by atoms with van der Waals surface area (Å²) in [6.07, 6.45) is 12.3. The van der Waals surface area contributed by atoms with Crippen LogP contribution in [-0.4, -0.2) is 23.9 Å². The summed E-state index contributed by atoms with van der Waals surface area (Å²) in [7, 11) is 0. The van der Waals surface area contributed by atoms with Crippen LogP contribution in [0.15, 0.2) is 5.11 Å². The second-order valence-corrected chi connectivity index (χ2v) is 6.50. The van der Waals surface area contributed by atoms with Crippen LogP contribution < -0.4 is 5.32 Å². The van der Waals surface area contributed by atoms with Crippen molar-refractivity contribution in [2.75, 3.05) is 6.54 Å². The standard InChI is InChI=1S/C16H32N4O/c1-14-8-2-4-10-15(11-5-3-9-14)19-16(21)12-6-7-13-18-20-17/h14-16,19,21H,2-13H2,1H3. The average Bonchev–Trinajstić information content (AvgIpc) is 2.47. The van der Waals surface area contributed by atoms with Crippen molar-refractivity contribution in [3.63, 3.8) is 0 Å². The lowest BCUT2D eigenvalue weighted by Crippen LogP contribution is -2.38. The van der Waals surface area contributed by atoms with E-state index in [2.05, 4.69) is 22.3 Å². The Morgan fingerprint density at radius 2 is 1.76 bits per heavy atom. The first kappa shape index (κ1) is 18.3. The molecular weight excluding hydrogens is 264 g/mol. The van der Waals surface area contributed by atoms with E-state index in [0.717, 1.165) is 25.2 Å². The van der Waals surface area contributed by atoms with Crippen LogP contribution in [-0.2, 0) is 0 Å². The second kappa shape index (κ2) is 11.8. The quantitative estimate of drug-likeness (QED) is 0.238. The van der Waals surface area contributed by atoms with E-state index < -0.39 is 6.23 Å². The fourth-order valence-corrected chi connectivity index (χ4v) is 3.14. The molecule has 1 fully saturated rings. The highest BCUT2D eigenvalue weighted by Gasteiger charge is 2.14. The number of aliphatic hydroxyl groups excluding tert-OH is 1. The Balaban J connectivity index is 2.19. The van der Waals surface area contributed by atoms with Crippen molar-refractivity contribution >= 4 is 0 Å². The number of hydrogen-bond donors (Lipinski definition) is 2. The molecule has 1 aliphatic carbocycles. The van der Waals surface area contributed by atoms with Crippen molar-refractivity contribution in [3.8, 4) is 0 Å². The van der Waals surface area contributed by atoms with Gasteiger partial charge in [-0.25, -0.2) is 0 Å². The number of nitrogens with zero attached hydrogens (tertiary/aromatic N) is 3. The van der Waals surface area contributed by atoms with E-state index in [0.29, 0.717) is 12.6 Å². The van der Waals surface area contributed by atoms with Crippen LogP contribution in [0, 0.1) is 5.92 Å². The molecule has 1 rings (SSSR count). The maximum atomic E-state index is 10.1. The molecular formula is C16H32N4O. The minimum Gasteiger partial charge on any atom is -0.379 e. The van der Waals surface area contributed by atoms with Crippen LogP contribution in [0.2, 0.25) is 0 Å². The van der Waals surface area contributed by atoms with E-state index in [1.54, 1.807) is 0 Å². The maximum Gasteiger partial charge on any atom is 0.105 e. The third-order valence-electron chi connectivity index (χ3n) is 4.48. The van der Waals surface area contributed by atoms with Crippen LogP contribution in [0.3, 0.4) is 0 Å². The summed E-state index contributed by atoms with van der Waals surface area (Å²) in [5, 5.41) is 17.0. The molecule has 0 aromatic carbocycles. The average molecular weight is 296 g/mol. The third kappa shape index (κ3) is 9.72. The molecule has 0 aliphatic heterocycles. The number of unbranched alkanes of at least 4 members (excludes halogenated alkanes) is 1. The number of rotatable bonds is 7. The maximum absolute atomic E-state index is 10.1. The molecule has 1 saturated carbocycles. The Bertz CT molecular complexity index is 293. The first-order valence-electron chi connectivity index (χ1n) is 8.67. The molecule has 0 aromatic heterocycles. The van der Waals surface area contributed by atoms with Crippen LogP contribution in [0.1, 0.15) is 77.6 Å². The Kier molecular flexibility index (Phi) is 10.3. The molecule has 122 valence electrons. The van der Waals surface area contributed by atoms with Gasteiger partial charge in [0, 0.05) is 17.5 Å². The lowest BCUT2D eigenvalue weighted by molar-refractivity contribution is 0.105. The molecule has 0 saturated heterocycles. The fraction of sp³-hybridized carbons (Fsp3) is 1.00. The van der Waals surface area contributed by atoms with Crippen molar-refractivity contribution in [3.05, 3.63) is 10.4 Å². The van der Waals surface area contributed by atoms with Gasteiger partial charge in [-0.05, 0) is 43.6 Å². The number of aliphatic hydroxyl groups is 1. The van der Waals surface area contributed by atoms with Crippen LogP contribution in [0.25, 0.3) is 10.4 Å². The van der Waals surface area contributed by atoms with Gasteiger partial charge in [0.1, 0.15) is 6.23 Å². The summed E-state index contributed by atoms with van der Waals surface area (Å²) in [5.41, 5.74) is 8.20. The monoisotopic (exact) mass is 296 g/mol. The van der Waals surface area contributed by atoms with E-state index in [4.69, 9.17) is 5.53 Å². The molecule has 0 spiro atoms. The van der Waals surface area contributed by atoms with Crippen LogP contribution in [0.5, 0.6) is 0 Å². The summed E-state index contributed by atoms with van der Waals surface area (Å²) in [5.74, 6) is 0.885. The zero-order chi connectivity index (χ0) is 15.3. The first-order valence-corrected chi connectivity index (χ1v) is 8.67. The Morgan fingerprint density at radius 1 is 1.14 bits per heavy atom. The Morgan fingerprint density at radius 3 is 2.38 bits per heavy atom. The largest absolute Gasteiger partial charge is 0.379 e. The third-order valence-corrected chi connectivity index (χ3v) is 4.48. The zero-order valence-electron chi connectivity index (χ0n) is 13.5. The molecule has 5 nitrogen and oxygen atoms in total. The van der Waals surface area contributed by atoms with Crippen molar-refractivity contribution in [1.29, 1.82) is 0 Å². The molecule has 1 unspecified atom stereocenters. The number of azide groups is 1. The van der Waals surface area contributed by atoms with Crippen molar-refractivity contribution in [2.45, 2.75) is 89.8 Å². The van der Waals surface area contributed by atoms with Gasteiger partial charge in [-0.3, -0.25) is 5.32 Å². The molecule has 1 aliphatic rings. The second-order valence-electron chi connectivity index (χ2n) is 6.50. The van der Waals surface area contributed by atoms with E-state index in [1.807, 2.05) is 0 Å². The number of nitrogens with one attached hydrogen (secondary N) is 1. The van der Waals surface area contributed by atoms with Crippen LogP contribution in [0.4, 0.5) is 0 Å². The van der Waals surface area contributed by atoms with E-state index in [9.17, 15) is 5.11 Å². The molecule has 0 bridgehead atoms. The minimum absolute atomic E-state index is 0.414. The highest BCUT2D eigenvalue weighted by atomic mass is 16.3. The zero-order valence-corrected chi connectivity index (χ0v) is 13.5. The van der Waals surface area contributed by atoms with E-state index in [-0.39, 0.29) is 0 Å². The molecule has 21 heavy (non-hydrogen) atoms. The van der Waals surface area contributed by atoms with Crippen molar-refractivity contribution < 1.29 is 5.11 Å². The van der Waals surface area contributed by atoms with Gasteiger partial charge in [0.05, 0.1) is 0 Å². The topological polar surface area (TPSA) is 81.0 Å². The first-order chi connectivity index (χ1) is 10.2. The molecule has 5 heteroatoms. The van der Waals surface area contributed by atoms with E-state index >= 15 is 0 Å². The molecule has 0 heterocycles. The van der Waals surface area contributed by atoms with Gasteiger partial charge in [0.25, 0.3) is 0 Å². The van der Waals surface area contributed by atoms with Crippen molar-refractivity contribution in [1.82, 2.24) is 5.32 Å². The summed E-state index contributed by atoms with van der Waals surface area (Å²) >= 11 is 0. The molecule has 2 N–H and O–H groups in total. The predicted molar refractivity (Wildman–Crippen MR) is 86.9 cm³/mol. The van der Waals surface area contributed by atoms with Gasteiger partial charge in [0.2, 0.25) is 0 Å². The minimum atomic E-state index is -0.414. The van der Waals surface area contributed by atoms with Gasteiger partial charge in [0.15, 0.2) is 0 Å². The van der Waals surface area contributed by atoms with Gasteiger partial charge in [-0.2, -0.15) is 0 Å². The fourth-order valence-electron chi connectivity index (χ4n) is 3.14. The summed E-state index contributed by atoms with van der Waals surface area (Å²) in [6.45, 7) is 2.91. The summed E-state index contributed by atoms with van der Waals surface area (Å²) < 4.78 is 0. The van der Waals surface area contributed by atoms with Gasteiger partial charge < -0.3 is 5.11 Å². The van der Waals surface area contributed by atoms with Gasteiger partial charge >= 0.3 is 0 Å². The molecule has 0 amide bonds. The van der Waals surface area contributed by atoms with Gasteiger partial charge in [-0.1, -0.05) is 50.6 Å². The lowest BCUT2D eigenvalue weighted by Gasteiger charge is -2.24. The predicted octanol–water partition coefficient (Wildman–Crippen LogP) is 4.51. The molecule has 0 aromatic rings. The Labute approximate surface area is 129 Å². The van der Waals surface area contributed by atoms with Crippen LogP contribution >= 0.6 is 0 Å². The normalized spacial score (nSPS) is 25.8. The Hall–Kier alpha value is -0.770. The lowest BCUT2D eigenvalue weighted by atomic mass is 9.92. The highest BCUT2D eigenvalue weighted by Crippen LogP contribution is 2.21. The summed E-state index contributed by atoms with van der Waals surface area (Å²) in [6, 6.07) is 0.463. The van der Waals surface area contributed by atoms with Crippen molar-refractivity contribution in [2.24, 2.45) is 11.0 Å². The smallest absolute Gasteiger partial charge is 0.105 e. The SMILES string of the molecule is CC1CCCCC(NC(O)CCCCN=[N+]=[N-])CCCC1. The molecule has 0 radical (unpaired) electrons. The molecule has 1 atom stereocenters. The van der Waals surface area contributed by atoms with Gasteiger partial charge in [-0.15, -0.1) is 0 Å². The van der Waals surface area contributed by atoms with E-state index in [1.165, 1.54) is 51.4 Å². The number of hydrogen-bond acceptors (Lipinski definition) is 3.